The summed E-state index contributed by atoms with van der Waals surface area (Å²) in [5.41, 5.74) is 8.61. The van der Waals surface area contributed by atoms with E-state index in [9.17, 15) is 0 Å². The molecule has 0 bridgehead atoms. The van der Waals surface area contributed by atoms with Crippen LogP contribution >= 0.6 is 11.6 Å². The number of halogens is 1. The first kappa shape index (κ1) is 21.4. The standard InChI is InChI=1S/C21H23ClN10/c1-25-18-4-2-14(10-17(18)24)28-21-26-12-16(22)20(29-21)27-13-6-8-32(9-7-13)19-5-3-15(11-23)30-31-19/h2-5,10,12-13,25H,6-9,24H2,1H3,(H2,26,27,28,29). The highest BCUT2D eigenvalue weighted by Gasteiger charge is 2.21. The Hall–Kier alpha value is -3.84. The molecule has 1 aliphatic heterocycles. The summed E-state index contributed by atoms with van der Waals surface area (Å²) in [6.45, 7) is 1.62. The van der Waals surface area contributed by atoms with Crippen LogP contribution in [0.2, 0.25) is 5.02 Å². The van der Waals surface area contributed by atoms with Crippen LogP contribution in [0.5, 0.6) is 0 Å². The van der Waals surface area contributed by atoms with Gasteiger partial charge < -0.3 is 26.6 Å². The molecule has 0 unspecified atom stereocenters. The van der Waals surface area contributed by atoms with Crippen molar-refractivity contribution in [1.29, 1.82) is 5.26 Å². The maximum Gasteiger partial charge on any atom is 0.229 e. The summed E-state index contributed by atoms with van der Waals surface area (Å²) in [7, 11) is 1.82. The van der Waals surface area contributed by atoms with Gasteiger partial charge in [-0.3, -0.25) is 0 Å². The number of nitriles is 1. The van der Waals surface area contributed by atoms with Crippen molar-refractivity contribution in [1.82, 2.24) is 20.2 Å². The van der Waals surface area contributed by atoms with Gasteiger partial charge in [-0.05, 0) is 43.2 Å². The van der Waals surface area contributed by atoms with E-state index in [4.69, 9.17) is 22.6 Å². The summed E-state index contributed by atoms with van der Waals surface area (Å²) in [5.74, 6) is 1.79. The second-order valence-electron chi connectivity index (χ2n) is 7.36. The molecule has 1 aromatic carbocycles. The average molecular weight is 451 g/mol. The van der Waals surface area contributed by atoms with Crippen LogP contribution in [0.25, 0.3) is 0 Å². The van der Waals surface area contributed by atoms with Crippen LogP contribution in [0.4, 0.5) is 34.6 Å². The Morgan fingerprint density at radius 3 is 2.66 bits per heavy atom. The largest absolute Gasteiger partial charge is 0.397 e. The lowest BCUT2D eigenvalue weighted by atomic mass is 10.1. The van der Waals surface area contributed by atoms with Crippen LogP contribution < -0.4 is 26.6 Å². The number of nitrogens with zero attached hydrogens (tertiary/aromatic N) is 6. The van der Waals surface area contributed by atoms with Crippen molar-refractivity contribution in [3.63, 3.8) is 0 Å². The number of hydrogen-bond donors (Lipinski definition) is 4. The minimum Gasteiger partial charge on any atom is -0.397 e. The van der Waals surface area contributed by atoms with Crippen molar-refractivity contribution in [3.8, 4) is 6.07 Å². The van der Waals surface area contributed by atoms with Gasteiger partial charge >= 0.3 is 0 Å². The van der Waals surface area contributed by atoms with Crippen LogP contribution in [-0.2, 0) is 0 Å². The van der Waals surface area contributed by atoms with Crippen LogP contribution in [0, 0.1) is 11.3 Å². The summed E-state index contributed by atoms with van der Waals surface area (Å²) in [4.78, 5) is 11.0. The van der Waals surface area contributed by atoms with E-state index in [-0.39, 0.29) is 6.04 Å². The lowest BCUT2D eigenvalue weighted by Crippen LogP contribution is -2.39. The Kier molecular flexibility index (Phi) is 6.37. The normalized spacial score (nSPS) is 14.0. The zero-order chi connectivity index (χ0) is 22.5. The zero-order valence-corrected chi connectivity index (χ0v) is 18.3. The molecule has 0 radical (unpaired) electrons. The number of rotatable bonds is 6. The number of nitrogens with one attached hydrogen (secondary N) is 3. The topological polar surface area (TPSA) is 141 Å². The Bertz CT molecular complexity index is 1120. The van der Waals surface area contributed by atoms with Crippen molar-refractivity contribution in [2.75, 3.05) is 46.7 Å². The molecule has 0 atom stereocenters. The number of aromatic nitrogens is 4. The first-order valence-electron chi connectivity index (χ1n) is 10.2. The molecule has 164 valence electrons. The number of benzene rings is 1. The quantitative estimate of drug-likeness (QED) is 0.413. The number of nitrogen functional groups attached to an aromatic ring is 1. The molecular weight excluding hydrogens is 428 g/mol. The molecule has 4 rings (SSSR count). The van der Waals surface area contributed by atoms with E-state index < -0.39 is 0 Å². The molecule has 3 aromatic rings. The van der Waals surface area contributed by atoms with Gasteiger partial charge in [-0.15, -0.1) is 10.2 Å². The van der Waals surface area contributed by atoms with Crippen LogP contribution in [0.15, 0.2) is 36.5 Å². The van der Waals surface area contributed by atoms with E-state index in [0.717, 1.165) is 43.1 Å². The van der Waals surface area contributed by atoms with Gasteiger partial charge in [-0.2, -0.15) is 10.2 Å². The fourth-order valence-corrected chi connectivity index (χ4v) is 3.67. The maximum absolute atomic E-state index is 8.86. The Labute approximate surface area is 190 Å². The van der Waals surface area contributed by atoms with E-state index in [1.165, 1.54) is 0 Å². The molecule has 1 aliphatic rings. The molecule has 0 aliphatic carbocycles. The molecule has 0 amide bonds. The molecule has 0 saturated carbocycles. The summed E-state index contributed by atoms with van der Waals surface area (Å²) in [6.07, 6.45) is 3.34. The summed E-state index contributed by atoms with van der Waals surface area (Å²) < 4.78 is 0. The van der Waals surface area contributed by atoms with Crippen molar-refractivity contribution >= 4 is 46.2 Å². The molecule has 1 saturated heterocycles. The van der Waals surface area contributed by atoms with E-state index in [1.54, 1.807) is 12.3 Å². The van der Waals surface area contributed by atoms with Crippen LogP contribution in [0.3, 0.4) is 0 Å². The van der Waals surface area contributed by atoms with Gasteiger partial charge in [0, 0.05) is 31.9 Å². The van der Waals surface area contributed by atoms with Gasteiger partial charge in [0.05, 0.1) is 17.6 Å². The van der Waals surface area contributed by atoms with Gasteiger partial charge in [-0.1, -0.05) is 11.6 Å². The fourth-order valence-electron chi connectivity index (χ4n) is 3.53. The van der Waals surface area contributed by atoms with E-state index in [0.29, 0.717) is 28.2 Å². The van der Waals surface area contributed by atoms with Crippen LogP contribution in [0.1, 0.15) is 18.5 Å². The highest BCUT2D eigenvalue weighted by Crippen LogP contribution is 2.27. The molecule has 1 fully saturated rings. The summed E-state index contributed by atoms with van der Waals surface area (Å²) >= 11 is 6.34. The van der Waals surface area contributed by atoms with Gasteiger partial charge in [0.15, 0.2) is 17.3 Å². The van der Waals surface area contributed by atoms with Gasteiger partial charge in [0.25, 0.3) is 0 Å². The number of nitrogens with two attached hydrogens (primary N) is 1. The monoisotopic (exact) mass is 450 g/mol. The summed E-state index contributed by atoms with van der Waals surface area (Å²) in [5, 5.41) is 27.0. The molecule has 2 aromatic heterocycles. The molecule has 10 nitrogen and oxygen atoms in total. The molecular formula is C21H23ClN10. The number of piperidine rings is 1. The van der Waals surface area contributed by atoms with Gasteiger partial charge in [-0.25, -0.2) is 4.98 Å². The second kappa shape index (κ2) is 9.53. The maximum atomic E-state index is 8.86. The van der Waals surface area contributed by atoms with Crippen LogP contribution in [-0.4, -0.2) is 46.3 Å². The lowest BCUT2D eigenvalue weighted by molar-refractivity contribution is 0.521. The van der Waals surface area contributed by atoms with Crippen molar-refractivity contribution < 1.29 is 0 Å². The molecule has 32 heavy (non-hydrogen) atoms. The van der Waals surface area contributed by atoms with E-state index in [2.05, 4.69) is 41.0 Å². The predicted molar refractivity (Wildman–Crippen MR) is 126 cm³/mol. The third-order valence-electron chi connectivity index (χ3n) is 5.25. The third-order valence-corrected chi connectivity index (χ3v) is 5.52. The molecule has 0 spiro atoms. The molecule has 3 heterocycles. The third kappa shape index (κ3) is 4.90. The molecule has 11 heteroatoms. The Balaban J connectivity index is 1.38. The number of anilines is 6. The second-order valence-corrected chi connectivity index (χ2v) is 7.77. The SMILES string of the molecule is CNc1ccc(Nc2ncc(Cl)c(NC3CCN(c4ccc(C#N)nn4)CC3)n2)cc1N. The Morgan fingerprint density at radius 2 is 2.00 bits per heavy atom. The zero-order valence-electron chi connectivity index (χ0n) is 17.5. The highest BCUT2D eigenvalue weighted by molar-refractivity contribution is 6.32. The first-order valence-corrected chi connectivity index (χ1v) is 10.6. The van der Waals surface area contributed by atoms with E-state index >= 15 is 0 Å². The fraction of sp³-hybridized carbons (Fsp3) is 0.286. The minimum atomic E-state index is 0.211. The smallest absolute Gasteiger partial charge is 0.229 e. The van der Waals surface area contributed by atoms with Gasteiger partial charge in [0.2, 0.25) is 5.95 Å². The molecule has 5 N–H and O–H groups in total. The van der Waals surface area contributed by atoms with Crippen molar-refractivity contribution in [2.24, 2.45) is 0 Å². The summed E-state index contributed by atoms with van der Waals surface area (Å²) in [6, 6.07) is 11.3. The predicted octanol–water partition coefficient (Wildman–Crippen LogP) is 3.24. The Morgan fingerprint density at radius 1 is 1.19 bits per heavy atom. The number of hydrogen-bond acceptors (Lipinski definition) is 10. The average Bonchev–Trinajstić information content (AvgIpc) is 2.82. The van der Waals surface area contributed by atoms with Crippen molar-refractivity contribution in [3.05, 3.63) is 47.2 Å². The first-order chi connectivity index (χ1) is 15.6. The lowest BCUT2D eigenvalue weighted by Gasteiger charge is -2.33. The minimum absolute atomic E-state index is 0.211. The highest BCUT2D eigenvalue weighted by atomic mass is 35.5. The van der Waals surface area contributed by atoms with Crippen molar-refractivity contribution in [2.45, 2.75) is 18.9 Å². The van der Waals surface area contributed by atoms with Gasteiger partial charge in [0.1, 0.15) is 11.1 Å². The van der Waals surface area contributed by atoms with E-state index in [1.807, 2.05) is 37.4 Å².